The summed E-state index contributed by atoms with van der Waals surface area (Å²) in [6.45, 7) is 1.81. The third-order valence-corrected chi connectivity index (χ3v) is 4.42. The number of pyridine rings is 1. The van der Waals surface area contributed by atoms with E-state index >= 15 is 0 Å². The summed E-state index contributed by atoms with van der Waals surface area (Å²) in [7, 11) is -3.76. The number of sulfonamides is 1. The number of amides is 1. The third-order valence-electron chi connectivity index (χ3n) is 2.95. The lowest BCUT2D eigenvalue weighted by Crippen LogP contribution is -2.28. The Hall–Kier alpha value is -2.32. The number of nitrogens with one attached hydrogen (secondary N) is 2. The normalized spacial score (nSPS) is 11.2. The predicted octanol–water partition coefficient (Wildman–Crippen LogP) is 1.84. The zero-order valence-electron chi connectivity index (χ0n) is 12.4. The Labute approximate surface area is 133 Å². The Bertz CT molecular complexity index is 775. The van der Waals surface area contributed by atoms with Crippen LogP contribution in [0.25, 0.3) is 0 Å². The number of hydrogen-bond donors (Lipinski definition) is 2. The van der Waals surface area contributed by atoms with Gasteiger partial charge in [0.15, 0.2) is 0 Å². The average Bonchev–Trinajstić information content (AvgIpc) is 2.50. The van der Waals surface area contributed by atoms with Gasteiger partial charge in [-0.2, -0.15) is 0 Å². The highest BCUT2D eigenvalue weighted by Gasteiger charge is 2.14. The molecule has 0 unspecified atom stereocenters. The molecule has 8 heteroatoms. The summed E-state index contributed by atoms with van der Waals surface area (Å²) in [5.41, 5.74) is 0.968. The number of carbonyl (C=O) groups is 1. The van der Waals surface area contributed by atoms with E-state index in [2.05, 4.69) is 15.0 Å². The molecule has 0 saturated carbocycles. The fraction of sp³-hybridized carbons (Fsp3) is 0.200. The van der Waals surface area contributed by atoms with Crippen LogP contribution in [-0.2, 0) is 14.8 Å². The Kier molecular flexibility index (Phi) is 5.41. The van der Waals surface area contributed by atoms with E-state index in [4.69, 9.17) is 0 Å². The van der Waals surface area contributed by atoms with E-state index in [0.29, 0.717) is 5.82 Å². The van der Waals surface area contributed by atoms with Crippen molar-refractivity contribution in [2.45, 2.75) is 18.2 Å². The van der Waals surface area contributed by atoms with Crippen LogP contribution in [0.15, 0.2) is 47.5 Å². The second-order valence-corrected chi connectivity index (χ2v) is 6.64. The molecule has 0 radical (unpaired) electrons. The molecule has 1 aromatic heterocycles. The summed E-state index contributed by atoms with van der Waals surface area (Å²) in [5, 5.41) is 2.57. The zero-order chi connectivity index (χ0) is 16.9. The first-order chi connectivity index (χ1) is 10.9. The number of benzene rings is 1. The minimum Gasteiger partial charge on any atom is -0.311 e. The minimum absolute atomic E-state index is 0.0457. The summed E-state index contributed by atoms with van der Waals surface area (Å²) in [6.07, 6.45) is 1.57. The van der Waals surface area contributed by atoms with E-state index in [-0.39, 0.29) is 23.8 Å². The summed E-state index contributed by atoms with van der Waals surface area (Å²) < 4.78 is 39.0. The lowest BCUT2D eigenvalue weighted by Gasteiger charge is -2.07. The average molecular weight is 337 g/mol. The van der Waals surface area contributed by atoms with Crippen molar-refractivity contribution in [3.63, 3.8) is 0 Å². The summed E-state index contributed by atoms with van der Waals surface area (Å²) in [6, 6.07) is 7.91. The van der Waals surface area contributed by atoms with E-state index in [0.717, 1.165) is 29.8 Å². The topological polar surface area (TPSA) is 88.2 Å². The van der Waals surface area contributed by atoms with Crippen LogP contribution in [0.2, 0.25) is 0 Å². The van der Waals surface area contributed by atoms with E-state index in [1.807, 2.05) is 6.92 Å². The Balaban J connectivity index is 1.85. The molecule has 2 rings (SSSR count). The van der Waals surface area contributed by atoms with Crippen molar-refractivity contribution >= 4 is 21.7 Å². The molecule has 1 heterocycles. The highest BCUT2D eigenvalue weighted by atomic mass is 32.2. The third kappa shape index (κ3) is 5.11. The molecule has 23 heavy (non-hydrogen) atoms. The molecule has 122 valence electrons. The molecule has 0 aliphatic carbocycles. The molecular weight excluding hydrogens is 321 g/mol. The van der Waals surface area contributed by atoms with Gasteiger partial charge in [-0.15, -0.1) is 0 Å². The number of anilines is 1. The van der Waals surface area contributed by atoms with Crippen LogP contribution in [0.5, 0.6) is 0 Å². The van der Waals surface area contributed by atoms with Crippen molar-refractivity contribution in [1.29, 1.82) is 0 Å². The van der Waals surface area contributed by atoms with Crippen molar-refractivity contribution in [2.24, 2.45) is 0 Å². The number of hydrogen-bond acceptors (Lipinski definition) is 4. The van der Waals surface area contributed by atoms with Gasteiger partial charge >= 0.3 is 0 Å². The molecule has 0 aliphatic rings. The zero-order valence-corrected chi connectivity index (χ0v) is 13.2. The second kappa shape index (κ2) is 7.30. The SMILES string of the molecule is Cc1ccc(NC(=O)CCNS(=O)(=O)c2ccc(F)cc2)nc1. The molecule has 0 bridgehead atoms. The van der Waals surface area contributed by atoms with Gasteiger partial charge in [0.05, 0.1) is 4.90 Å². The summed E-state index contributed by atoms with van der Waals surface area (Å²) >= 11 is 0. The second-order valence-electron chi connectivity index (χ2n) is 4.87. The van der Waals surface area contributed by atoms with Crippen LogP contribution in [0.3, 0.4) is 0 Å². The van der Waals surface area contributed by atoms with Gasteiger partial charge in [-0.1, -0.05) is 6.07 Å². The van der Waals surface area contributed by atoms with Gasteiger partial charge in [0.2, 0.25) is 15.9 Å². The molecule has 2 aromatic rings. The maximum Gasteiger partial charge on any atom is 0.240 e. The molecule has 1 amide bonds. The standard InChI is InChI=1S/C15H16FN3O3S/c1-11-2-7-14(17-10-11)19-15(20)8-9-18-23(21,22)13-5-3-12(16)4-6-13/h2-7,10,18H,8-9H2,1H3,(H,17,19,20). The number of rotatable bonds is 6. The fourth-order valence-corrected chi connectivity index (χ4v) is 2.77. The molecule has 1 aromatic carbocycles. The number of aromatic nitrogens is 1. The van der Waals surface area contributed by atoms with Gasteiger partial charge in [-0.3, -0.25) is 4.79 Å². The Morgan fingerprint density at radius 3 is 2.48 bits per heavy atom. The number of halogens is 1. The first kappa shape index (κ1) is 17.0. The van der Waals surface area contributed by atoms with Crippen LogP contribution in [0.1, 0.15) is 12.0 Å². The summed E-state index contributed by atoms with van der Waals surface area (Å²) in [4.78, 5) is 15.7. The van der Waals surface area contributed by atoms with Gasteiger partial charge < -0.3 is 5.32 Å². The van der Waals surface area contributed by atoms with Gasteiger partial charge in [0, 0.05) is 19.2 Å². The van der Waals surface area contributed by atoms with Crippen molar-refractivity contribution in [3.8, 4) is 0 Å². The fourth-order valence-electron chi connectivity index (χ4n) is 1.74. The van der Waals surface area contributed by atoms with Crippen LogP contribution < -0.4 is 10.0 Å². The maximum absolute atomic E-state index is 12.8. The van der Waals surface area contributed by atoms with Crippen LogP contribution in [0.4, 0.5) is 10.2 Å². The van der Waals surface area contributed by atoms with Crippen molar-refractivity contribution < 1.29 is 17.6 Å². The molecular formula is C15H16FN3O3S. The monoisotopic (exact) mass is 337 g/mol. The minimum atomic E-state index is -3.76. The first-order valence-corrected chi connectivity index (χ1v) is 8.33. The van der Waals surface area contributed by atoms with Gasteiger partial charge in [0.25, 0.3) is 0 Å². The largest absolute Gasteiger partial charge is 0.311 e. The molecule has 0 spiro atoms. The van der Waals surface area contributed by atoms with Crippen LogP contribution in [0, 0.1) is 12.7 Å². The maximum atomic E-state index is 12.8. The molecule has 0 fully saturated rings. The lowest BCUT2D eigenvalue weighted by atomic mass is 10.3. The molecule has 0 aliphatic heterocycles. The predicted molar refractivity (Wildman–Crippen MR) is 83.8 cm³/mol. The van der Waals surface area contributed by atoms with Crippen LogP contribution >= 0.6 is 0 Å². The molecule has 6 nitrogen and oxygen atoms in total. The highest BCUT2D eigenvalue weighted by molar-refractivity contribution is 7.89. The first-order valence-electron chi connectivity index (χ1n) is 6.84. The van der Waals surface area contributed by atoms with Crippen molar-refractivity contribution in [3.05, 3.63) is 54.0 Å². The van der Waals surface area contributed by atoms with Crippen molar-refractivity contribution in [2.75, 3.05) is 11.9 Å². The molecule has 2 N–H and O–H groups in total. The smallest absolute Gasteiger partial charge is 0.240 e. The van der Waals surface area contributed by atoms with Crippen molar-refractivity contribution in [1.82, 2.24) is 9.71 Å². The van der Waals surface area contributed by atoms with Crippen LogP contribution in [-0.4, -0.2) is 25.9 Å². The van der Waals surface area contributed by atoms with E-state index in [1.165, 1.54) is 0 Å². The number of aryl methyl sites for hydroxylation is 1. The van der Waals surface area contributed by atoms with Gasteiger partial charge in [0.1, 0.15) is 11.6 Å². The van der Waals surface area contributed by atoms with E-state index in [9.17, 15) is 17.6 Å². The Morgan fingerprint density at radius 1 is 1.17 bits per heavy atom. The van der Waals surface area contributed by atoms with E-state index in [1.54, 1.807) is 18.3 Å². The lowest BCUT2D eigenvalue weighted by molar-refractivity contribution is -0.116. The molecule has 0 atom stereocenters. The summed E-state index contributed by atoms with van der Waals surface area (Å²) in [5.74, 6) is -0.473. The Morgan fingerprint density at radius 2 is 1.87 bits per heavy atom. The van der Waals surface area contributed by atoms with Gasteiger partial charge in [-0.25, -0.2) is 22.5 Å². The highest BCUT2D eigenvalue weighted by Crippen LogP contribution is 2.09. The number of carbonyl (C=O) groups excluding carboxylic acids is 1. The quantitative estimate of drug-likeness (QED) is 0.842. The van der Waals surface area contributed by atoms with E-state index < -0.39 is 15.8 Å². The van der Waals surface area contributed by atoms with Gasteiger partial charge in [-0.05, 0) is 42.8 Å². The number of nitrogens with zero attached hydrogens (tertiary/aromatic N) is 1. The molecule has 0 saturated heterocycles.